The van der Waals surface area contributed by atoms with Crippen molar-refractivity contribution in [1.29, 1.82) is 0 Å². The summed E-state index contributed by atoms with van der Waals surface area (Å²) in [5.41, 5.74) is 13.5. The first-order valence-electron chi connectivity index (χ1n) is 7.99. The van der Waals surface area contributed by atoms with E-state index in [1.54, 1.807) is 0 Å². The highest BCUT2D eigenvalue weighted by Crippen LogP contribution is 2.39. The topological polar surface area (TPSA) is 26.0 Å². The molecular weight excluding hydrogens is 254 g/mol. The number of benzene rings is 2. The van der Waals surface area contributed by atoms with Crippen LogP contribution in [-0.4, -0.2) is 6.54 Å². The van der Waals surface area contributed by atoms with E-state index in [9.17, 15) is 0 Å². The quantitative estimate of drug-likeness (QED) is 0.900. The van der Waals surface area contributed by atoms with Gasteiger partial charge >= 0.3 is 0 Å². The van der Waals surface area contributed by atoms with Crippen LogP contribution in [-0.2, 0) is 18.3 Å². The van der Waals surface area contributed by atoms with Crippen LogP contribution in [0.25, 0.3) is 0 Å². The van der Waals surface area contributed by atoms with Gasteiger partial charge in [-0.15, -0.1) is 0 Å². The van der Waals surface area contributed by atoms with Gasteiger partial charge in [0.2, 0.25) is 0 Å². The molecule has 0 fully saturated rings. The molecule has 0 aromatic heterocycles. The Morgan fingerprint density at radius 2 is 1.76 bits per heavy atom. The summed E-state index contributed by atoms with van der Waals surface area (Å²) in [7, 11) is 0. The van der Waals surface area contributed by atoms with Gasteiger partial charge in [0, 0.05) is 12.0 Å². The van der Waals surface area contributed by atoms with Gasteiger partial charge in [0.15, 0.2) is 0 Å². The fourth-order valence-corrected chi connectivity index (χ4v) is 4.04. The Hall–Kier alpha value is -1.60. The summed E-state index contributed by atoms with van der Waals surface area (Å²) in [5.74, 6) is 0. The summed E-state index contributed by atoms with van der Waals surface area (Å²) in [6, 6.07) is 15.8. The SMILES string of the molecule is Cc1cc(C)cc(CC2(CN)CCCc3ccccc32)c1. The second-order valence-electron chi connectivity index (χ2n) is 6.67. The molecule has 0 heterocycles. The summed E-state index contributed by atoms with van der Waals surface area (Å²) < 4.78 is 0. The summed E-state index contributed by atoms with van der Waals surface area (Å²) in [4.78, 5) is 0. The number of aryl methyl sites for hydroxylation is 3. The molecule has 0 radical (unpaired) electrons. The van der Waals surface area contributed by atoms with E-state index in [1.165, 1.54) is 47.1 Å². The predicted molar refractivity (Wildman–Crippen MR) is 89.7 cm³/mol. The van der Waals surface area contributed by atoms with Crippen molar-refractivity contribution in [1.82, 2.24) is 0 Å². The van der Waals surface area contributed by atoms with Gasteiger partial charge < -0.3 is 5.73 Å². The highest BCUT2D eigenvalue weighted by Gasteiger charge is 2.35. The normalized spacial score (nSPS) is 21.1. The van der Waals surface area contributed by atoms with Gasteiger partial charge in [0.25, 0.3) is 0 Å². The molecule has 1 aliphatic carbocycles. The van der Waals surface area contributed by atoms with Gasteiger partial charge in [0.1, 0.15) is 0 Å². The molecule has 1 unspecified atom stereocenters. The van der Waals surface area contributed by atoms with Crippen molar-refractivity contribution >= 4 is 0 Å². The van der Waals surface area contributed by atoms with Gasteiger partial charge in [-0.2, -0.15) is 0 Å². The maximum Gasteiger partial charge on any atom is 0.0119 e. The Balaban J connectivity index is 2.02. The van der Waals surface area contributed by atoms with Crippen LogP contribution in [0.3, 0.4) is 0 Å². The van der Waals surface area contributed by atoms with Gasteiger partial charge in [0.05, 0.1) is 0 Å². The lowest BCUT2D eigenvalue weighted by Gasteiger charge is -2.39. The molecule has 2 aromatic carbocycles. The molecule has 0 aliphatic heterocycles. The van der Waals surface area contributed by atoms with Crippen molar-refractivity contribution in [3.05, 3.63) is 70.3 Å². The van der Waals surface area contributed by atoms with Gasteiger partial charge in [-0.25, -0.2) is 0 Å². The first kappa shape index (κ1) is 14.3. The Morgan fingerprint density at radius 3 is 2.48 bits per heavy atom. The molecule has 21 heavy (non-hydrogen) atoms. The summed E-state index contributed by atoms with van der Waals surface area (Å²) in [5, 5.41) is 0. The standard InChI is InChI=1S/C20H25N/c1-15-10-16(2)12-17(11-15)13-20(14-21)9-5-7-18-6-3-4-8-19(18)20/h3-4,6,8,10-12H,5,7,9,13-14,21H2,1-2H3. The van der Waals surface area contributed by atoms with Crippen molar-refractivity contribution in [3.8, 4) is 0 Å². The molecule has 1 heteroatoms. The van der Waals surface area contributed by atoms with E-state index in [0.29, 0.717) is 0 Å². The zero-order valence-electron chi connectivity index (χ0n) is 13.2. The molecule has 3 rings (SSSR count). The monoisotopic (exact) mass is 279 g/mol. The predicted octanol–water partition coefficient (Wildman–Crippen LogP) is 4.08. The third-order valence-corrected chi connectivity index (χ3v) is 4.90. The Labute approximate surface area is 128 Å². The van der Waals surface area contributed by atoms with Crippen LogP contribution in [0.15, 0.2) is 42.5 Å². The van der Waals surface area contributed by atoms with Crippen LogP contribution < -0.4 is 5.73 Å². The minimum absolute atomic E-state index is 0.120. The Kier molecular flexibility index (Phi) is 3.86. The van der Waals surface area contributed by atoms with Crippen molar-refractivity contribution in [2.45, 2.75) is 44.9 Å². The number of nitrogens with two attached hydrogens (primary N) is 1. The average Bonchev–Trinajstić information content (AvgIpc) is 2.46. The lowest BCUT2D eigenvalue weighted by molar-refractivity contribution is 0.365. The van der Waals surface area contributed by atoms with E-state index in [1.807, 2.05) is 0 Å². The highest BCUT2D eigenvalue weighted by atomic mass is 14.6. The van der Waals surface area contributed by atoms with E-state index >= 15 is 0 Å². The minimum Gasteiger partial charge on any atom is -0.330 e. The zero-order valence-corrected chi connectivity index (χ0v) is 13.2. The maximum atomic E-state index is 6.28. The second-order valence-corrected chi connectivity index (χ2v) is 6.67. The highest BCUT2D eigenvalue weighted by molar-refractivity contribution is 5.40. The molecule has 1 atom stereocenters. The molecular formula is C20H25N. The average molecular weight is 279 g/mol. The van der Waals surface area contributed by atoms with Crippen molar-refractivity contribution in [2.75, 3.05) is 6.54 Å². The largest absolute Gasteiger partial charge is 0.330 e. The van der Waals surface area contributed by atoms with E-state index in [-0.39, 0.29) is 5.41 Å². The molecule has 2 aromatic rings. The van der Waals surface area contributed by atoms with Crippen LogP contribution in [0.1, 0.15) is 40.7 Å². The smallest absolute Gasteiger partial charge is 0.0119 e. The number of hydrogen-bond acceptors (Lipinski definition) is 1. The molecule has 0 amide bonds. The molecule has 0 spiro atoms. The summed E-state index contributed by atoms with van der Waals surface area (Å²) in [6.07, 6.45) is 4.71. The van der Waals surface area contributed by atoms with Crippen molar-refractivity contribution in [3.63, 3.8) is 0 Å². The van der Waals surface area contributed by atoms with E-state index < -0.39 is 0 Å². The molecule has 1 nitrogen and oxygen atoms in total. The van der Waals surface area contributed by atoms with Crippen molar-refractivity contribution < 1.29 is 0 Å². The Bertz CT molecular complexity index is 624. The molecule has 1 aliphatic rings. The van der Waals surface area contributed by atoms with Gasteiger partial charge in [-0.3, -0.25) is 0 Å². The minimum atomic E-state index is 0.120. The molecule has 0 bridgehead atoms. The number of fused-ring (bicyclic) bond motifs is 1. The third-order valence-electron chi connectivity index (χ3n) is 4.90. The maximum absolute atomic E-state index is 6.28. The van der Waals surface area contributed by atoms with Crippen LogP contribution in [0.5, 0.6) is 0 Å². The van der Waals surface area contributed by atoms with Crippen LogP contribution in [0.4, 0.5) is 0 Å². The fourth-order valence-electron chi connectivity index (χ4n) is 4.04. The van der Waals surface area contributed by atoms with Gasteiger partial charge in [-0.05, 0) is 56.2 Å². The lowest BCUT2D eigenvalue weighted by Crippen LogP contribution is -2.40. The van der Waals surface area contributed by atoms with Crippen LogP contribution in [0.2, 0.25) is 0 Å². The lowest BCUT2D eigenvalue weighted by atomic mass is 9.67. The first-order valence-corrected chi connectivity index (χ1v) is 7.99. The van der Waals surface area contributed by atoms with E-state index in [2.05, 4.69) is 56.3 Å². The molecule has 110 valence electrons. The number of rotatable bonds is 3. The van der Waals surface area contributed by atoms with Crippen LogP contribution in [0, 0.1) is 13.8 Å². The zero-order chi connectivity index (χ0) is 14.9. The van der Waals surface area contributed by atoms with Gasteiger partial charge in [-0.1, -0.05) is 53.6 Å². The second kappa shape index (κ2) is 5.65. The first-order chi connectivity index (χ1) is 10.1. The molecule has 0 saturated carbocycles. The number of hydrogen-bond donors (Lipinski definition) is 1. The Morgan fingerprint density at radius 1 is 1.05 bits per heavy atom. The summed E-state index contributed by atoms with van der Waals surface area (Å²) in [6.45, 7) is 5.10. The molecule has 0 saturated heterocycles. The van der Waals surface area contributed by atoms with Crippen LogP contribution >= 0.6 is 0 Å². The van der Waals surface area contributed by atoms with Crippen molar-refractivity contribution in [2.24, 2.45) is 5.73 Å². The van der Waals surface area contributed by atoms with E-state index in [0.717, 1.165) is 13.0 Å². The van der Waals surface area contributed by atoms with E-state index in [4.69, 9.17) is 5.73 Å². The fraction of sp³-hybridized carbons (Fsp3) is 0.400. The summed E-state index contributed by atoms with van der Waals surface area (Å²) >= 11 is 0. The third kappa shape index (κ3) is 2.75. The molecule has 2 N–H and O–H groups in total.